The first-order chi connectivity index (χ1) is 7.66. The van der Waals surface area contributed by atoms with Gasteiger partial charge in [-0.05, 0) is 58.5 Å². The van der Waals surface area contributed by atoms with Crippen LogP contribution < -0.4 is 0 Å². The molecule has 1 saturated carbocycles. The second kappa shape index (κ2) is 4.74. The Labute approximate surface area is 98.1 Å². The van der Waals surface area contributed by atoms with Crippen LogP contribution in [-0.4, -0.2) is 36.1 Å². The summed E-state index contributed by atoms with van der Waals surface area (Å²) in [5, 5.41) is 0. The number of likely N-dealkylation sites (tertiary alicyclic amines) is 1. The molecule has 3 nitrogen and oxygen atoms in total. The van der Waals surface area contributed by atoms with Gasteiger partial charge in [0.25, 0.3) is 0 Å². The van der Waals surface area contributed by atoms with Crippen molar-refractivity contribution >= 4 is 5.97 Å². The standard InChI is InChI=1S/C13H23NO2/c1-3-16-12(15)10-13(2,11-6-7-11)14-8-4-5-9-14/h11H,3-10H2,1-2H3. The van der Waals surface area contributed by atoms with Crippen LogP contribution in [0.15, 0.2) is 0 Å². The summed E-state index contributed by atoms with van der Waals surface area (Å²) >= 11 is 0. The fourth-order valence-electron chi connectivity index (χ4n) is 2.95. The van der Waals surface area contributed by atoms with E-state index in [1.807, 2.05) is 6.92 Å². The molecule has 0 spiro atoms. The highest BCUT2D eigenvalue weighted by molar-refractivity contribution is 5.71. The maximum atomic E-state index is 11.7. The minimum atomic E-state index is -0.0243. The summed E-state index contributed by atoms with van der Waals surface area (Å²) in [4.78, 5) is 14.2. The largest absolute Gasteiger partial charge is 0.466 e. The zero-order chi connectivity index (χ0) is 11.6. The van der Waals surface area contributed by atoms with Crippen LogP contribution in [0.1, 0.15) is 46.0 Å². The van der Waals surface area contributed by atoms with Crippen molar-refractivity contribution in [2.45, 2.75) is 51.5 Å². The number of carbonyl (C=O) groups excluding carboxylic acids is 1. The Balaban J connectivity index is 1.99. The quantitative estimate of drug-likeness (QED) is 0.672. The van der Waals surface area contributed by atoms with E-state index in [1.54, 1.807) is 0 Å². The van der Waals surface area contributed by atoms with Gasteiger partial charge in [-0.25, -0.2) is 0 Å². The Bertz CT molecular complexity index is 257. The van der Waals surface area contributed by atoms with Gasteiger partial charge in [0.15, 0.2) is 0 Å². The van der Waals surface area contributed by atoms with Crippen LogP contribution in [-0.2, 0) is 9.53 Å². The average Bonchev–Trinajstić information content (AvgIpc) is 2.94. The second-order valence-corrected chi connectivity index (χ2v) is 5.31. The molecule has 0 N–H and O–H groups in total. The lowest BCUT2D eigenvalue weighted by molar-refractivity contribution is -0.146. The van der Waals surface area contributed by atoms with Gasteiger partial charge in [-0.1, -0.05) is 0 Å². The lowest BCUT2D eigenvalue weighted by Crippen LogP contribution is -2.48. The van der Waals surface area contributed by atoms with Crippen LogP contribution >= 0.6 is 0 Å². The summed E-state index contributed by atoms with van der Waals surface area (Å²) in [6.45, 7) is 6.95. The van der Waals surface area contributed by atoms with Crippen molar-refractivity contribution in [3.05, 3.63) is 0 Å². The van der Waals surface area contributed by atoms with Crippen LogP contribution in [0, 0.1) is 5.92 Å². The number of hydrogen-bond donors (Lipinski definition) is 0. The van der Waals surface area contributed by atoms with Crippen molar-refractivity contribution in [3.63, 3.8) is 0 Å². The molecule has 92 valence electrons. The zero-order valence-corrected chi connectivity index (χ0v) is 10.5. The van der Waals surface area contributed by atoms with Crippen LogP contribution in [0.3, 0.4) is 0 Å². The summed E-state index contributed by atoms with van der Waals surface area (Å²) < 4.78 is 5.11. The van der Waals surface area contributed by atoms with Crippen LogP contribution in [0.25, 0.3) is 0 Å². The average molecular weight is 225 g/mol. The van der Waals surface area contributed by atoms with Crippen LogP contribution in [0.5, 0.6) is 0 Å². The first kappa shape index (κ1) is 11.9. The summed E-state index contributed by atoms with van der Waals surface area (Å²) in [7, 11) is 0. The molecule has 3 heteroatoms. The monoisotopic (exact) mass is 225 g/mol. The molecule has 2 aliphatic rings. The van der Waals surface area contributed by atoms with E-state index in [2.05, 4.69) is 11.8 Å². The van der Waals surface area contributed by atoms with Gasteiger partial charge in [-0.2, -0.15) is 0 Å². The molecule has 1 atom stereocenters. The first-order valence-corrected chi connectivity index (χ1v) is 6.57. The Kier molecular flexibility index (Phi) is 3.53. The van der Waals surface area contributed by atoms with Gasteiger partial charge in [0.05, 0.1) is 13.0 Å². The maximum Gasteiger partial charge on any atom is 0.307 e. The van der Waals surface area contributed by atoms with Crippen molar-refractivity contribution in [2.24, 2.45) is 5.92 Å². The van der Waals surface area contributed by atoms with E-state index in [-0.39, 0.29) is 11.5 Å². The fraction of sp³-hybridized carbons (Fsp3) is 0.923. The second-order valence-electron chi connectivity index (χ2n) is 5.31. The fourth-order valence-corrected chi connectivity index (χ4v) is 2.95. The molecule has 0 aromatic carbocycles. The third-order valence-corrected chi connectivity index (χ3v) is 4.09. The van der Waals surface area contributed by atoms with Crippen molar-refractivity contribution in [3.8, 4) is 0 Å². The molecule has 0 aromatic heterocycles. The van der Waals surface area contributed by atoms with Gasteiger partial charge in [0, 0.05) is 5.54 Å². The van der Waals surface area contributed by atoms with E-state index in [9.17, 15) is 4.79 Å². The summed E-state index contributed by atoms with van der Waals surface area (Å²) in [5.74, 6) is 0.693. The van der Waals surface area contributed by atoms with Crippen LogP contribution in [0.4, 0.5) is 0 Å². The van der Waals surface area contributed by atoms with Gasteiger partial charge >= 0.3 is 5.97 Å². The predicted molar refractivity (Wildman–Crippen MR) is 63.2 cm³/mol. The number of hydrogen-bond acceptors (Lipinski definition) is 3. The first-order valence-electron chi connectivity index (χ1n) is 6.57. The van der Waals surface area contributed by atoms with Gasteiger partial charge in [0.1, 0.15) is 0 Å². The molecule has 1 unspecified atom stereocenters. The molecule has 0 radical (unpaired) electrons. The van der Waals surface area contributed by atoms with Crippen molar-refractivity contribution in [1.82, 2.24) is 4.90 Å². The van der Waals surface area contributed by atoms with E-state index in [0.29, 0.717) is 13.0 Å². The maximum absolute atomic E-state index is 11.7. The molecule has 16 heavy (non-hydrogen) atoms. The molecule has 0 aromatic rings. The predicted octanol–water partition coefficient (Wildman–Crippen LogP) is 2.20. The van der Waals surface area contributed by atoms with E-state index in [0.717, 1.165) is 19.0 Å². The Morgan fingerprint density at radius 1 is 1.38 bits per heavy atom. The third-order valence-electron chi connectivity index (χ3n) is 4.09. The van der Waals surface area contributed by atoms with Crippen molar-refractivity contribution in [1.29, 1.82) is 0 Å². The summed E-state index contributed by atoms with van der Waals surface area (Å²) in [6.07, 6.45) is 5.71. The van der Waals surface area contributed by atoms with Crippen molar-refractivity contribution < 1.29 is 9.53 Å². The summed E-state index contributed by atoms with van der Waals surface area (Å²) in [5.41, 5.74) is 0.0722. The highest BCUT2D eigenvalue weighted by Gasteiger charge is 2.47. The van der Waals surface area contributed by atoms with Crippen molar-refractivity contribution in [2.75, 3.05) is 19.7 Å². The molecule has 1 saturated heterocycles. The third kappa shape index (κ3) is 2.40. The number of rotatable bonds is 5. The highest BCUT2D eigenvalue weighted by Crippen LogP contribution is 2.46. The Morgan fingerprint density at radius 2 is 2.00 bits per heavy atom. The smallest absolute Gasteiger partial charge is 0.307 e. The highest BCUT2D eigenvalue weighted by atomic mass is 16.5. The normalized spacial score (nSPS) is 25.4. The Morgan fingerprint density at radius 3 is 2.50 bits per heavy atom. The number of carbonyl (C=O) groups is 1. The lowest BCUT2D eigenvalue weighted by atomic mass is 9.90. The van der Waals surface area contributed by atoms with E-state index in [4.69, 9.17) is 4.74 Å². The molecule has 0 amide bonds. The molecular formula is C13H23NO2. The van der Waals surface area contributed by atoms with Gasteiger partial charge in [-0.3, -0.25) is 9.69 Å². The topological polar surface area (TPSA) is 29.5 Å². The number of nitrogens with zero attached hydrogens (tertiary/aromatic N) is 1. The van der Waals surface area contributed by atoms with E-state index >= 15 is 0 Å². The molecule has 2 rings (SSSR count). The zero-order valence-electron chi connectivity index (χ0n) is 10.5. The minimum Gasteiger partial charge on any atom is -0.466 e. The number of ether oxygens (including phenoxy) is 1. The van der Waals surface area contributed by atoms with E-state index < -0.39 is 0 Å². The molecule has 1 heterocycles. The molecule has 0 bridgehead atoms. The minimum absolute atomic E-state index is 0.0243. The molecule has 1 aliphatic heterocycles. The molecular weight excluding hydrogens is 202 g/mol. The number of esters is 1. The SMILES string of the molecule is CCOC(=O)CC(C)(C1CC1)N1CCCC1. The molecule has 2 fully saturated rings. The van der Waals surface area contributed by atoms with Gasteiger partial charge in [0.2, 0.25) is 0 Å². The Hall–Kier alpha value is -0.570. The lowest BCUT2D eigenvalue weighted by Gasteiger charge is -2.38. The van der Waals surface area contributed by atoms with Crippen LogP contribution in [0.2, 0.25) is 0 Å². The van der Waals surface area contributed by atoms with Gasteiger partial charge < -0.3 is 4.74 Å². The summed E-state index contributed by atoms with van der Waals surface area (Å²) in [6, 6.07) is 0. The molecule has 1 aliphatic carbocycles. The van der Waals surface area contributed by atoms with E-state index in [1.165, 1.54) is 25.7 Å². The van der Waals surface area contributed by atoms with Gasteiger partial charge in [-0.15, -0.1) is 0 Å².